The molecule has 3 fully saturated rings. The summed E-state index contributed by atoms with van der Waals surface area (Å²) in [6, 6.07) is 8.06. The monoisotopic (exact) mass is 600 g/mol. The van der Waals surface area contributed by atoms with Crippen molar-refractivity contribution in [1.29, 1.82) is 0 Å². The van der Waals surface area contributed by atoms with Crippen molar-refractivity contribution in [2.75, 3.05) is 6.61 Å². The smallest absolute Gasteiger partial charge is 0.338 e. The third kappa shape index (κ3) is 4.38. The second-order valence-electron chi connectivity index (χ2n) is 13.1. The fraction of sp³-hybridized carbons (Fsp3) is 0.625. The van der Waals surface area contributed by atoms with Crippen molar-refractivity contribution in [2.24, 2.45) is 22.7 Å². The molecule has 1 aromatic carbocycles. The van der Waals surface area contributed by atoms with Gasteiger partial charge in [0.2, 0.25) is 5.78 Å². The molecule has 9 atom stereocenters. The Balaban J connectivity index is 1.86. The minimum Gasteiger partial charge on any atom is -0.455 e. The number of carbonyl (C=O) groups is 4. The molecule has 234 valence electrons. The second kappa shape index (κ2) is 10.5. The van der Waals surface area contributed by atoms with Crippen LogP contribution in [0.1, 0.15) is 71.2 Å². The third-order valence-electron chi connectivity index (χ3n) is 10.5. The number of hydrogen-bond donors (Lipinski definition) is 3. The highest BCUT2D eigenvalue weighted by Gasteiger charge is 2.77. The van der Waals surface area contributed by atoms with E-state index in [0.717, 1.165) is 0 Å². The van der Waals surface area contributed by atoms with Crippen LogP contribution in [-0.2, 0) is 33.3 Å². The normalized spacial score (nSPS) is 39.7. The van der Waals surface area contributed by atoms with Gasteiger partial charge in [0, 0.05) is 37.5 Å². The van der Waals surface area contributed by atoms with E-state index in [4.69, 9.17) is 18.9 Å². The molecule has 2 saturated carbocycles. The number of ether oxygens (including phenoxy) is 4. The van der Waals surface area contributed by atoms with Crippen molar-refractivity contribution < 1.29 is 53.4 Å². The van der Waals surface area contributed by atoms with E-state index in [-0.39, 0.29) is 42.8 Å². The van der Waals surface area contributed by atoms with Crippen molar-refractivity contribution >= 4 is 23.7 Å². The maximum Gasteiger partial charge on any atom is 0.338 e. The first-order valence-corrected chi connectivity index (χ1v) is 14.7. The molecule has 1 heterocycles. The molecule has 2 unspecified atom stereocenters. The van der Waals surface area contributed by atoms with E-state index in [9.17, 15) is 34.5 Å². The first-order chi connectivity index (χ1) is 20.1. The Labute approximate surface area is 250 Å². The van der Waals surface area contributed by atoms with Gasteiger partial charge >= 0.3 is 17.9 Å². The largest absolute Gasteiger partial charge is 0.455 e. The van der Waals surface area contributed by atoms with Gasteiger partial charge in [-0.3, -0.25) is 14.4 Å². The number of aliphatic hydroxyl groups is 3. The maximum absolute atomic E-state index is 14.9. The quantitative estimate of drug-likeness (QED) is 0.335. The van der Waals surface area contributed by atoms with E-state index in [2.05, 4.69) is 0 Å². The van der Waals surface area contributed by atoms with Gasteiger partial charge in [0.05, 0.1) is 35.7 Å². The summed E-state index contributed by atoms with van der Waals surface area (Å²) >= 11 is 0. The Morgan fingerprint density at radius 1 is 1.09 bits per heavy atom. The number of aliphatic hydroxyl groups excluding tert-OH is 2. The summed E-state index contributed by atoms with van der Waals surface area (Å²) < 4.78 is 23.6. The summed E-state index contributed by atoms with van der Waals surface area (Å²) in [4.78, 5) is 54.0. The average molecular weight is 601 g/mol. The summed E-state index contributed by atoms with van der Waals surface area (Å²) in [5, 5.41) is 36.0. The number of carbonyl (C=O) groups excluding carboxylic acids is 4. The lowest BCUT2D eigenvalue weighted by Gasteiger charge is -2.67. The highest BCUT2D eigenvalue weighted by molar-refractivity contribution is 6.02. The highest BCUT2D eigenvalue weighted by atomic mass is 16.6. The average Bonchev–Trinajstić information content (AvgIpc) is 2.95. The van der Waals surface area contributed by atoms with Crippen molar-refractivity contribution in [2.45, 2.75) is 96.4 Å². The molecule has 5 rings (SSSR count). The van der Waals surface area contributed by atoms with E-state index in [0.29, 0.717) is 0 Å². The van der Waals surface area contributed by atoms with Gasteiger partial charge < -0.3 is 34.3 Å². The van der Waals surface area contributed by atoms with Crippen LogP contribution in [0, 0.1) is 22.7 Å². The third-order valence-corrected chi connectivity index (χ3v) is 10.5. The standard InChI is InChI=1S/C32H40O11/c1-7-22(36)41-24-23-16(2)19(34)14-32(39,29(23,4)5)27(42-28(38)18-11-9-8-10-12-18)25-30(6,26(24)37)20(35)13-21-31(25,15-40-21)43-17(3)33/h8-12,16,19-21,25,27,34-35,39H,7,13-15H2,1-6H3/t16?,19-,20-,21+,25?,27-,30+,31-,32+/m0/s1. The van der Waals surface area contributed by atoms with Gasteiger partial charge in [0.1, 0.15) is 17.8 Å². The molecule has 0 radical (unpaired) electrons. The predicted octanol–water partition coefficient (Wildman–Crippen LogP) is 2.25. The highest BCUT2D eigenvalue weighted by Crippen LogP contribution is 2.64. The van der Waals surface area contributed by atoms with Crippen LogP contribution in [0.5, 0.6) is 0 Å². The Morgan fingerprint density at radius 2 is 1.74 bits per heavy atom. The zero-order chi connectivity index (χ0) is 31.7. The van der Waals surface area contributed by atoms with Crippen LogP contribution < -0.4 is 0 Å². The molecule has 3 N–H and O–H groups in total. The van der Waals surface area contributed by atoms with Gasteiger partial charge in [-0.25, -0.2) is 4.79 Å². The molecular weight excluding hydrogens is 560 g/mol. The molecule has 11 nitrogen and oxygen atoms in total. The fourth-order valence-corrected chi connectivity index (χ4v) is 7.94. The number of ketones is 1. The zero-order valence-corrected chi connectivity index (χ0v) is 25.3. The molecule has 11 heteroatoms. The number of rotatable bonds is 5. The molecular formula is C32H40O11. The molecule has 1 aromatic rings. The summed E-state index contributed by atoms with van der Waals surface area (Å²) in [5.41, 5.74) is -6.72. The molecule has 0 aromatic heterocycles. The predicted molar refractivity (Wildman–Crippen MR) is 149 cm³/mol. The summed E-state index contributed by atoms with van der Waals surface area (Å²) in [6.07, 6.45) is -5.67. The van der Waals surface area contributed by atoms with Crippen LogP contribution >= 0.6 is 0 Å². The lowest BCUT2D eigenvalue weighted by atomic mass is 9.45. The van der Waals surface area contributed by atoms with Gasteiger partial charge in [-0.1, -0.05) is 45.9 Å². The van der Waals surface area contributed by atoms with Gasteiger partial charge in [-0.05, 0) is 24.6 Å². The maximum atomic E-state index is 14.9. The van der Waals surface area contributed by atoms with Crippen molar-refractivity contribution in [1.82, 2.24) is 0 Å². The second-order valence-corrected chi connectivity index (χ2v) is 13.1. The minimum absolute atomic E-state index is 0.0704. The summed E-state index contributed by atoms with van der Waals surface area (Å²) in [5.74, 6) is -5.54. The molecule has 0 amide bonds. The molecule has 4 aliphatic rings. The molecule has 43 heavy (non-hydrogen) atoms. The van der Waals surface area contributed by atoms with E-state index in [1.54, 1.807) is 45.9 Å². The van der Waals surface area contributed by atoms with Gasteiger partial charge in [-0.15, -0.1) is 0 Å². The lowest BCUT2D eigenvalue weighted by Crippen LogP contribution is -2.81. The molecule has 3 aliphatic carbocycles. The fourth-order valence-electron chi connectivity index (χ4n) is 7.94. The summed E-state index contributed by atoms with van der Waals surface area (Å²) in [6.45, 7) is 8.94. The zero-order valence-electron chi connectivity index (χ0n) is 25.3. The summed E-state index contributed by atoms with van der Waals surface area (Å²) in [7, 11) is 0. The Kier molecular flexibility index (Phi) is 7.65. The van der Waals surface area contributed by atoms with Crippen molar-refractivity contribution in [3.05, 3.63) is 47.2 Å². The topological polar surface area (TPSA) is 166 Å². The van der Waals surface area contributed by atoms with Gasteiger partial charge in [0.25, 0.3) is 0 Å². The number of hydrogen-bond acceptors (Lipinski definition) is 11. The van der Waals surface area contributed by atoms with E-state index in [1.165, 1.54) is 26.0 Å². The van der Waals surface area contributed by atoms with Crippen LogP contribution in [0.15, 0.2) is 41.7 Å². The molecule has 0 spiro atoms. The van der Waals surface area contributed by atoms with Crippen molar-refractivity contribution in [3.8, 4) is 0 Å². The molecule has 1 saturated heterocycles. The van der Waals surface area contributed by atoms with E-state index < -0.39 is 82.0 Å². The number of fused-ring (bicyclic) bond motifs is 5. The van der Waals surface area contributed by atoms with Crippen LogP contribution in [0.3, 0.4) is 0 Å². The van der Waals surface area contributed by atoms with Crippen LogP contribution in [0.2, 0.25) is 0 Å². The number of benzene rings is 1. The minimum atomic E-state index is -2.11. The number of esters is 3. The van der Waals surface area contributed by atoms with Gasteiger partial charge in [0.15, 0.2) is 11.4 Å². The SMILES string of the molecule is CCC(=O)OC1=C2C(C)[C@@H](O)C[C@@](O)([C@@H](OC(=O)c3ccccc3)C3[C@](C)(C1=O)[C@@H](O)C[C@H]1OC[C@@]31OC(C)=O)C2(C)C. The van der Waals surface area contributed by atoms with Crippen LogP contribution in [0.25, 0.3) is 0 Å². The van der Waals surface area contributed by atoms with Crippen LogP contribution in [-0.4, -0.2) is 81.2 Å². The van der Waals surface area contributed by atoms with Crippen molar-refractivity contribution in [3.63, 3.8) is 0 Å². The number of allylic oxidation sites excluding steroid dienone is 1. The first kappa shape index (κ1) is 31.3. The molecule has 1 aliphatic heterocycles. The van der Waals surface area contributed by atoms with E-state index >= 15 is 0 Å². The van der Waals surface area contributed by atoms with E-state index in [1.807, 2.05) is 0 Å². The Hall–Kier alpha value is -3.12. The van der Waals surface area contributed by atoms with Crippen LogP contribution in [0.4, 0.5) is 0 Å². The Morgan fingerprint density at radius 3 is 2.30 bits per heavy atom. The molecule has 2 bridgehead atoms. The lowest BCUT2D eigenvalue weighted by molar-refractivity contribution is -0.345. The van der Waals surface area contributed by atoms with Gasteiger partial charge in [-0.2, -0.15) is 0 Å². The number of Topliss-reactive ketones (excluding diaryl/α,β-unsaturated/α-hetero) is 1. The first-order valence-electron chi connectivity index (χ1n) is 14.7. The Bertz CT molecular complexity index is 1370.